The van der Waals surface area contributed by atoms with Crippen LogP contribution in [0.25, 0.3) is 10.8 Å². The molecule has 2 heterocycles. The molecule has 2 aromatic rings. The average molecular weight is 402 g/mol. The van der Waals surface area contributed by atoms with Crippen LogP contribution in [-0.4, -0.2) is 60.6 Å². The van der Waals surface area contributed by atoms with Crippen molar-refractivity contribution in [2.24, 2.45) is 5.73 Å². The Morgan fingerprint density at radius 3 is 2.44 bits per heavy atom. The van der Waals surface area contributed by atoms with Gasteiger partial charge in [-0.05, 0) is 6.92 Å². The van der Waals surface area contributed by atoms with Crippen molar-refractivity contribution in [3.05, 3.63) is 5.89 Å². The Morgan fingerprint density at radius 2 is 1.96 bits per heavy atom. The highest BCUT2D eigenvalue weighted by Gasteiger charge is 2.25. The molecule has 0 aliphatic carbocycles. The zero-order valence-electron chi connectivity index (χ0n) is 14.2. The monoisotopic (exact) mass is 402 g/mol. The van der Waals surface area contributed by atoms with Gasteiger partial charge in [0.15, 0.2) is 11.0 Å². The number of aliphatic hydroxyl groups excluding tert-OH is 1. The fourth-order valence-electron chi connectivity index (χ4n) is 1.48. The van der Waals surface area contributed by atoms with E-state index in [1.807, 2.05) is 0 Å². The molecule has 14 nitrogen and oxygen atoms in total. The minimum absolute atomic E-state index is 0.0767. The lowest BCUT2D eigenvalue weighted by molar-refractivity contribution is -0.141. The van der Waals surface area contributed by atoms with Crippen LogP contribution < -0.4 is 22.1 Å². The third kappa shape index (κ3) is 7.61. The summed E-state index contributed by atoms with van der Waals surface area (Å²) in [5, 5.41) is 34.2. The Hall–Kier alpha value is -3.33. The Labute approximate surface area is 155 Å². The van der Waals surface area contributed by atoms with Crippen LogP contribution in [0.2, 0.25) is 0 Å². The summed E-state index contributed by atoms with van der Waals surface area (Å²) in [6.45, 7) is 2.41. The van der Waals surface area contributed by atoms with Gasteiger partial charge in [-0.1, -0.05) is 16.5 Å². The van der Waals surface area contributed by atoms with E-state index in [9.17, 15) is 19.5 Å². The van der Waals surface area contributed by atoms with Gasteiger partial charge in [-0.2, -0.15) is 4.98 Å². The number of carbonyl (C=O) groups excluding carboxylic acids is 2. The summed E-state index contributed by atoms with van der Waals surface area (Å²) in [5.41, 5.74) is 9.91. The van der Waals surface area contributed by atoms with Gasteiger partial charge in [0.2, 0.25) is 22.8 Å². The lowest BCUT2D eigenvalue weighted by Gasteiger charge is -2.16. The van der Waals surface area contributed by atoms with Crippen LogP contribution in [0.1, 0.15) is 19.7 Å². The number of amides is 3. The first-order valence-electron chi connectivity index (χ1n) is 7.23. The van der Waals surface area contributed by atoms with Crippen LogP contribution in [-0.2, 0) is 16.1 Å². The standard InChI is InChI=1S/C10H13N7O5S.C2H5NO/c1-3(18)5(8(19)20)14-10(21)12-2-4-13-6(17-22-4)7-15-16-9(11)23-7;1-2(3)4/h3,5,18H,2H2,1H3,(H2,11,16)(H,19,20)(H2,12,14,21);1H3,(H2,3,4). The summed E-state index contributed by atoms with van der Waals surface area (Å²) in [6.07, 6.45) is -1.25. The van der Waals surface area contributed by atoms with Crippen molar-refractivity contribution in [3.8, 4) is 10.8 Å². The molecule has 0 spiro atoms. The van der Waals surface area contributed by atoms with E-state index in [1.165, 1.54) is 13.8 Å². The summed E-state index contributed by atoms with van der Waals surface area (Å²) < 4.78 is 4.91. The lowest BCUT2D eigenvalue weighted by atomic mass is 10.2. The normalized spacial score (nSPS) is 12.3. The third-order valence-corrected chi connectivity index (χ3v) is 3.28. The van der Waals surface area contributed by atoms with Crippen LogP contribution in [0.3, 0.4) is 0 Å². The van der Waals surface area contributed by atoms with E-state index in [1.54, 1.807) is 0 Å². The van der Waals surface area contributed by atoms with E-state index in [4.69, 9.17) is 15.4 Å². The van der Waals surface area contributed by atoms with Gasteiger partial charge >= 0.3 is 12.0 Å². The predicted octanol–water partition coefficient (Wildman–Crippen LogP) is -1.70. The molecule has 148 valence electrons. The van der Waals surface area contributed by atoms with Gasteiger partial charge in [-0.3, -0.25) is 4.79 Å². The second-order valence-electron chi connectivity index (χ2n) is 4.95. The van der Waals surface area contributed by atoms with Crippen molar-refractivity contribution in [1.82, 2.24) is 31.0 Å². The SMILES string of the molecule is CC(N)=O.CC(O)C(NC(=O)NCc1nc(-c2nnc(N)s2)no1)C(=O)O. The second kappa shape index (κ2) is 9.97. The number of nitrogens with zero attached hydrogens (tertiary/aromatic N) is 4. The van der Waals surface area contributed by atoms with Crippen LogP contribution in [0.4, 0.5) is 9.93 Å². The number of carboxylic acids is 1. The lowest BCUT2D eigenvalue weighted by Crippen LogP contribution is -2.51. The highest BCUT2D eigenvalue weighted by atomic mass is 32.1. The Morgan fingerprint density at radius 1 is 1.33 bits per heavy atom. The number of rotatable bonds is 6. The van der Waals surface area contributed by atoms with Gasteiger partial charge in [0.05, 0.1) is 12.6 Å². The van der Waals surface area contributed by atoms with Gasteiger partial charge in [0, 0.05) is 6.92 Å². The summed E-state index contributed by atoms with van der Waals surface area (Å²) in [4.78, 5) is 35.6. The number of primary amides is 1. The molecule has 0 radical (unpaired) electrons. The maximum atomic E-state index is 11.6. The Bertz CT molecular complexity index is 786. The average Bonchev–Trinajstić information content (AvgIpc) is 3.18. The molecular formula is C12H18N8O6S. The van der Waals surface area contributed by atoms with Crippen molar-refractivity contribution < 1.29 is 29.1 Å². The van der Waals surface area contributed by atoms with E-state index in [-0.39, 0.29) is 29.3 Å². The number of hydrogen-bond acceptors (Lipinski definition) is 11. The Balaban J connectivity index is 0.000000828. The number of carboxylic acid groups (broad SMARTS) is 1. The molecule has 0 fully saturated rings. The number of nitrogens with one attached hydrogen (secondary N) is 2. The van der Waals surface area contributed by atoms with E-state index in [0.29, 0.717) is 5.01 Å². The minimum atomic E-state index is -1.43. The zero-order valence-corrected chi connectivity index (χ0v) is 15.1. The topological polar surface area (TPSA) is 232 Å². The molecule has 0 saturated carbocycles. The first kappa shape index (κ1) is 21.7. The fraction of sp³-hybridized carbons (Fsp3) is 0.417. The number of anilines is 1. The quantitative estimate of drug-likeness (QED) is 0.318. The van der Waals surface area contributed by atoms with Crippen LogP contribution in [0.5, 0.6) is 0 Å². The molecule has 3 amide bonds. The number of urea groups is 1. The van der Waals surface area contributed by atoms with E-state index in [2.05, 4.69) is 36.7 Å². The zero-order chi connectivity index (χ0) is 20.6. The maximum absolute atomic E-state index is 11.6. The van der Waals surface area contributed by atoms with Gasteiger partial charge < -0.3 is 36.8 Å². The molecule has 15 heteroatoms. The summed E-state index contributed by atoms with van der Waals surface area (Å²) in [7, 11) is 0. The molecule has 0 aliphatic rings. The summed E-state index contributed by atoms with van der Waals surface area (Å²) in [5.74, 6) is -1.44. The molecule has 27 heavy (non-hydrogen) atoms. The number of aromatic nitrogens is 4. The first-order chi connectivity index (χ1) is 12.6. The van der Waals surface area contributed by atoms with Crippen molar-refractivity contribution in [3.63, 3.8) is 0 Å². The smallest absolute Gasteiger partial charge is 0.328 e. The highest BCUT2D eigenvalue weighted by molar-refractivity contribution is 7.18. The van der Waals surface area contributed by atoms with Crippen molar-refractivity contribution in [1.29, 1.82) is 0 Å². The van der Waals surface area contributed by atoms with Gasteiger partial charge in [0.25, 0.3) is 0 Å². The van der Waals surface area contributed by atoms with Crippen LogP contribution >= 0.6 is 11.3 Å². The number of nitrogens with two attached hydrogens (primary N) is 2. The summed E-state index contributed by atoms with van der Waals surface area (Å²) >= 11 is 1.07. The molecule has 2 rings (SSSR count). The summed E-state index contributed by atoms with van der Waals surface area (Å²) in [6, 6.07) is -2.24. The van der Waals surface area contributed by atoms with Gasteiger partial charge in [-0.25, -0.2) is 9.59 Å². The Kier molecular flexibility index (Phi) is 8.02. The first-order valence-corrected chi connectivity index (χ1v) is 8.05. The fourth-order valence-corrected chi connectivity index (χ4v) is 2.01. The molecule has 0 saturated heterocycles. The molecule has 0 bridgehead atoms. The molecule has 0 aliphatic heterocycles. The second-order valence-corrected chi connectivity index (χ2v) is 5.96. The minimum Gasteiger partial charge on any atom is -0.480 e. The van der Waals surface area contributed by atoms with Crippen molar-refractivity contribution in [2.75, 3.05) is 5.73 Å². The highest BCUT2D eigenvalue weighted by Crippen LogP contribution is 2.21. The molecule has 2 unspecified atom stereocenters. The number of aliphatic hydroxyl groups is 1. The maximum Gasteiger partial charge on any atom is 0.328 e. The predicted molar refractivity (Wildman–Crippen MR) is 91.0 cm³/mol. The van der Waals surface area contributed by atoms with Crippen LogP contribution in [0, 0.1) is 0 Å². The molecular weight excluding hydrogens is 384 g/mol. The number of carbonyl (C=O) groups is 3. The van der Waals surface area contributed by atoms with Gasteiger partial charge in [-0.15, -0.1) is 10.2 Å². The van der Waals surface area contributed by atoms with Crippen molar-refractivity contribution in [2.45, 2.75) is 32.5 Å². The number of hydrogen-bond donors (Lipinski definition) is 6. The largest absolute Gasteiger partial charge is 0.480 e. The van der Waals surface area contributed by atoms with E-state index in [0.717, 1.165) is 11.3 Å². The molecule has 8 N–H and O–H groups in total. The molecule has 2 atom stereocenters. The number of aliphatic carboxylic acids is 1. The van der Waals surface area contributed by atoms with Crippen molar-refractivity contribution >= 4 is 34.4 Å². The van der Waals surface area contributed by atoms with Crippen LogP contribution in [0.15, 0.2) is 4.52 Å². The van der Waals surface area contributed by atoms with E-state index < -0.39 is 24.1 Å². The molecule has 2 aromatic heterocycles. The third-order valence-electron chi connectivity index (χ3n) is 2.54. The number of nitrogen functional groups attached to an aromatic ring is 1. The molecule has 0 aromatic carbocycles. The van der Waals surface area contributed by atoms with E-state index >= 15 is 0 Å². The van der Waals surface area contributed by atoms with Gasteiger partial charge in [0.1, 0.15) is 0 Å².